The summed E-state index contributed by atoms with van der Waals surface area (Å²) in [6.45, 7) is 4.02. The lowest BCUT2D eigenvalue weighted by Crippen LogP contribution is -2.03. The quantitative estimate of drug-likeness (QED) is 0.633. The molecule has 3 nitrogen and oxygen atoms in total. The molecule has 1 aromatic carbocycles. The molecule has 0 atom stereocenters. The number of rotatable bonds is 1. The topological polar surface area (TPSA) is 38.7 Å². The van der Waals surface area contributed by atoms with Crippen molar-refractivity contribution in [2.45, 2.75) is 20.3 Å². The van der Waals surface area contributed by atoms with E-state index < -0.39 is 0 Å². The van der Waals surface area contributed by atoms with E-state index in [-0.39, 0.29) is 12.4 Å². The number of hydrogen-bond acceptors (Lipinski definition) is 3. The van der Waals surface area contributed by atoms with Crippen LogP contribution in [0, 0.1) is 13.8 Å². The second-order valence-corrected chi connectivity index (χ2v) is 3.50. The predicted octanol–water partition coefficient (Wildman–Crippen LogP) is 1.95. The normalized spacial score (nSPS) is 15.3. The minimum atomic E-state index is -0.277. The van der Waals surface area contributed by atoms with Crippen molar-refractivity contribution >= 4 is 11.7 Å². The summed E-state index contributed by atoms with van der Waals surface area (Å²) in [6, 6.07) is 6.09. The second kappa shape index (κ2) is 3.25. The molecule has 0 saturated carbocycles. The number of carbonyl (C=O) groups excluding carboxylic acids is 1. The number of benzene rings is 1. The Bertz CT molecular complexity index is 421. The summed E-state index contributed by atoms with van der Waals surface area (Å²) in [5.74, 6) is -0.277. The maximum Gasteiger partial charge on any atom is 0.341 e. The molecule has 0 unspecified atom stereocenters. The Labute approximate surface area is 82.4 Å². The highest BCUT2D eigenvalue weighted by molar-refractivity contribution is 6.12. The van der Waals surface area contributed by atoms with E-state index in [1.807, 2.05) is 32.0 Å². The zero-order chi connectivity index (χ0) is 10.1. The molecule has 0 saturated heterocycles. The molecule has 0 amide bonds. The van der Waals surface area contributed by atoms with Crippen LogP contribution in [0.25, 0.3) is 0 Å². The van der Waals surface area contributed by atoms with Gasteiger partial charge in [-0.3, -0.25) is 0 Å². The van der Waals surface area contributed by atoms with Gasteiger partial charge in [-0.15, -0.1) is 0 Å². The van der Waals surface area contributed by atoms with Gasteiger partial charge in [-0.2, -0.15) is 0 Å². The van der Waals surface area contributed by atoms with Crippen molar-refractivity contribution in [1.29, 1.82) is 0 Å². The summed E-state index contributed by atoms with van der Waals surface area (Å²) in [6.07, 6.45) is 0.282. The Morgan fingerprint density at radius 3 is 2.79 bits per heavy atom. The fraction of sp³-hybridized carbons (Fsp3) is 0.273. The van der Waals surface area contributed by atoms with Crippen LogP contribution >= 0.6 is 0 Å². The van der Waals surface area contributed by atoms with Crippen LogP contribution < -0.4 is 0 Å². The van der Waals surface area contributed by atoms with Crippen LogP contribution in [0.15, 0.2) is 23.4 Å². The van der Waals surface area contributed by atoms with Crippen LogP contribution in [-0.2, 0) is 9.63 Å². The Hall–Kier alpha value is -1.64. The van der Waals surface area contributed by atoms with Crippen LogP contribution in [0.5, 0.6) is 0 Å². The third-order valence-corrected chi connectivity index (χ3v) is 2.27. The van der Waals surface area contributed by atoms with Crippen LogP contribution in [0.2, 0.25) is 0 Å². The molecule has 1 heterocycles. The van der Waals surface area contributed by atoms with Gasteiger partial charge in [0, 0.05) is 5.56 Å². The van der Waals surface area contributed by atoms with E-state index in [9.17, 15) is 4.79 Å². The Morgan fingerprint density at radius 1 is 1.36 bits per heavy atom. The second-order valence-electron chi connectivity index (χ2n) is 3.50. The van der Waals surface area contributed by atoms with Gasteiger partial charge in [0.2, 0.25) is 0 Å². The average Bonchev–Trinajstić information content (AvgIpc) is 2.56. The van der Waals surface area contributed by atoms with Crippen LogP contribution in [0.3, 0.4) is 0 Å². The van der Waals surface area contributed by atoms with Crippen molar-refractivity contribution in [2.75, 3.05) is 0 Å². The molecule has 14 heavy (non-hydrogen) atoms. The minimum absolute atomic E-state index is 0.277. The van der Waals surface area contributed by atoms with Crippen molar-refractivity contribution in [3.8, 4) is 0 Å². The molecule has 0 aliphatic carbocycles. The lowest BCUT2D eigenvalue weighted by Gasteiger charge is -2.03. The molecule has 0 fully saturated rings. The van der Waals surface area contributed by atoms with E-state index in [2.05, 4.69) is 9.99 Å². The first-order valence-electron chi connectivity index (χ1n) is 4.51. The Balaban J connectivity index is 2.41. The van der Waals surface area contributed by atoms with Crippen molar-refractivity contribution in [1.82, 2.24) is 0 Å². The molecule has 1 aliphatic heterocycles. The first-order valence-corrected chi connectivity index (χ1v) is 4.51. The van der Waals surface area contributed by atoms with E-state index in [1.54, 1.807) is 0 Å². The number of nitrogens with zero attached hydrogens (tertiary/aromatic N) is 1. The number of oxime groups is 1. The maximum atomic E-state index is 10.9. The zero-order valence-electron chi connectivity index (χ0n) is 8.20. The number of carbonyl (C=O) groups is 1. The van der Waals surface area contributed by atoms with Gasteiger partial charge in [-0.1, -0.05) is 22.9 Å². The molecule has 1 aliphatic rings. The third-order valence-electron chi connectivity index (χ3n) is 2.27. The SMILES string of the molecule is Cc1ccc(C)c(C2=NOC(=O)C2)c1. The molecule has 1 aromatic rings. The maximum absolute atomic E-state index is 10.9. The van der Waals surface area contributed by atoms with Crippen LogP contribution in [-0.4, -0.2) is 11.7 Å². The van der Waals surface area contributed by atoms with Crippen molar-refractivity contribution < 1.29 is 9.63 Å². The van der Waals surface area contributed by atoms with Gasteiger partial charge in [-0.05, 0) is 25.5 Å². The van der Waals surface area contributed by atoms with Crippen molar-refractivity contribution in [2.24, 2.45) is 5.16 Å². The molecule has 3 heteroatoms. The first kappa shape index (κ1) is 8.94. The highest BCUT2D eigenvalue weighted by Gasteiger charge is 2.20. The van der Waals surface area contributed by atoms with Gasteiger partial charge in [0.1, 0.15) is 0 Å². The summed E-state index contributed by atoms with van der Waals surface area (Å²) < 4.78 is 0. The largest absolute Gasteiger partial charge is 0.341 e. The van der Waals surface area contributed by atoms with Gasteiger partial charge in [0.25, 0.3) is 0 Å². The minimum Gasteiger partial charge on any atom is -0.318 e. The highest BCUT2D eigenvalue weighted by atomic mass is 16.7. The zero-order valence-corrected chi connectivity index (χ0v) is 8.20. The fourth-order valence-electron chi connectivity index (χ4n) is 1.50. The monoisotopic (exact) mass is 189 g/mol. The first-order chi connectivity index (χ1) is 6.66. The van der Waals surface area contributed by atoms with Crippen LogP contribution in [0.4, 0.5) is 0 Å². The predicted molar refractivity (Wildman–Crippen MR) is 53.2 cm³/mol. The summed E-state index contributed by atoms with van der Waals surface area (Å²) in [4.78, 5) is 15.4. The number of aryl methyl sites for hydroxylation is 2. The van der Waals surface area contributed by atoms with Gasteiger partial charge in [0.05, 0.1) is 12.1 Å². The molecule has 2 rings (SSSR count). The van der Waals surface area contributed by atoms with E-state index in [0.717, 1.165) is 22.4 Å². The molecular weight excluding hydrogens is 178 g/mol. The van der Waals surface area contributed by atoms with E-state index in [4.69, 9.17) is 0 Å². The van der Waals surface area contributed by atoms with Gasteiger partial charge >= 0.3 is 5.97 Å². The number of hydrogen-bond donors (Lipinski definition) is 0. The molecule has 0 spiro atoms. The highest BCUT2D eigenvalue weighted by Crippen LogP contribution is 2.17. The van der Waals surface area contributed by atoms with E-state index >= 15 is 0 Å². The van der Waals surface area contributed by atoms with Gasteiger partial charge in [-0.25, -0.2) is 4.79 Å². The molecule has 0 N–H and O–H groups in total. The smallest absolute Gasteiger partial charge is 0.318 e. The molecule has 72 valence electrons. The van der Waals surface area contributed by atoms with Crippen molar-refractivity contribution in [3.63, 3.8) is 0 Å². The summed E-state index contributed by atoms with van der Waals surface area (Å²) in [5, 5.41) is 3.76. The molecule has 0 radical (unpaired) electrons. The summed E-state index contributed by atoms with van der Waals surface area (Å²) in [5.41, 5.74) is 4.02. The lowest BCUT2D eigenvalue weighted by molar-refractivity contribution is -0.140. The van der Waals surface area contributed by atoms with E-state index in [1.165, 1.54) is 0 Å². The standard InChI is InChI=1S/C11H11NO2/c1-7-3-4-8(2)9(5-7)10-6-11(13)14-12-10/h3-5H,6H2,1-2H3. The van der Waals surface area contributed by atoms with E-state index in [0.29, 0.717) is 0 Å². The Kier molecular flexibility index (Phi) is 2.08. The summed E-state index contributed by atoms with van der Waals surface area (Å²) >= 11 is 0. The van der Waals surface area contributed by atoms with Gasteiger partial charge < -0.3 is 4.84 Å². The third kappa shape index (κ3) is 1.53. The average molecular weight is 189 g/mol. The molecule has 0 bridgehead atoms. The Morgan fingerprint density at radius 2 is 2.14 bits per heavy atom. The van der Waals surface area contributed by atoms with Crippen molar-refractivity contribution in [3.05, 3.63) is 34.9 Å². The summed E-state index contributed by atoms with van der Waals surface area (Å²) in [7, 11) is 0. The fourth-order valence-corrected chi connectivity index (χ4v) is 1.50. The van der Waals surface area contributed by atoms with Crippen LogP contribution in [0.1, 0.15) is 23.1 Å². The lowest BCUT2D eigenvalue weighted by atomic mass is 10.00. The van der Waals surface area contributed by atoms with Gasteiger partial charge in [0.15, 0.2) is 0 Å². The molecular formula is C11H11NO2. The molecule has 0 aromatic heterocycles.